The van der Waals surface area contributed by atoms with Crippen molar-refractivity contribution in [3.05, 3.63) is 56.8 Å². The average Bonchev–Trinajstić information content (AvgIpc) is 2.82. The van der Waals surface area contributed by atoms with E-state index in [0.717, 1.165) is 0 Å². The molecule has 1 atom stereocenters. The third-order valence-electron chi connectivity index (χ3n) is 3.64. The van der Waals surface area contributed by atoms with Crippen LogP contribution in [0.5, 0.6) is 0 Å². The summed E-state index contributed by atoms with van der Waals surface area (Å²) in [5, 5.41) is 0.0150. The monoisotopic (exact) mass is 276 g/mol. The second-order valence-electron chi connectivity index (χ2n) is 5.08. The van der Waals surface area contributed by atoms with Gasteiger partial charge in [0.15, 0.2) is 0 Å². The van der Waals surface area contributed by atoms with Crippen LogP contribution in [0.3, 0.4) is 0 Å². The van der Waals surface area contributed by atoms with Crippen LogP contribution in [0.1, 0.15) is 44.7 Å². The van der Waals surface area contributed by atoms with Crippen molar-refractivity contribution in [3.8, 4) is 0 Å². The van der Waals surface area contributed by atoms with Gasteiger partial charge in [-0.1, -0.05) is 29.8 Å². The molecular formula is C16H17ClS. The van der Waals surface area contributed by atoms with Crippen LogP contribution in [0.4, 0.5) is 0 Å². The summed E-state index contributed by atoms with van der Waals surface area (Å²) in [6, 6.07) is 10.9. The second kappa shape index (κ2) is 5.07. The van der Waals surface area contributed by atoms with Gasteiger partial charge in [0.1, 0.15) is 0 Å². The van der Waals surface area contributed by atoms with E-state index < -0.39 is 0 Å². The molecule has 1 heterocycles. The third kappa shape index (κ3) is 2.34. The van der Waals surface area contributed by atoms with E-state index in [-0.39, 0.29) is 5.38 Å². The fraction of sp³-hybridized carbons (Fsp3) is 0.375. The Morgan fingerprint density at radius 3 is 2.56 bits per heavy atom. The summed E-state index contributed by atoms with van der Waals surface area (Å²) in [5.74, 6) is 0. The summed E-state index contributed by atoms with van der Waals surface area (Å²) in [4.78, 5) is 2.88. The maximum Gasteiger partial charge on any atom is 0.0927 e. The molecule has 0 N–H and O–H groups in total. The van der Waals surface area contributed by atoms with Crippen molar-refractivity contribution < 1.29 is 0 Å². The highest BCUT2D eigenvalue weighted by Crippen LogP contribution is 2.38. The molecule has 2 aromatic rings. The zero-order chi connectivity index (χ0) is 12.5. The molecular weight excluding hydrogens is 260 g/mol. The Balaban J connectivity index is 1.89. The van der Waals surface area contributed by atoms with E-state index in [1.54, 1.807) is 10.4 Å². The smallest absolute Gasteiger partial charge is 0.0927 e. The molecule has 0 radical (unpaired) electrons. The van der Waals surface area contributed by atoms with E-state index >= 15 is 0 Å². The van der Waals surface area contributed by atoms with Gasteiger partial charge in [-0.05, 0) is 49.8 Å². The zero-order valence-electron chi connectivity index (χ0n) is 10.6. The van der Waals surface area contributed by atoms with Crippen LogP contribution < -0.4 is 0 Å². The van der Waals surface area contributed by atoms with Crippen LogP contribution in [0.25, 0.3) is 0 Å². The largest absolute Gasteiger partial charge is 0.143 e. The Morgan fingerprint density at radius 1 is 1.11 bits per heavy atom. The van der Waals surface area contributed by atoms with Crippen molar-refractivity contribution >= 4 is 22.9 Å². The maximum atomic E-state index is 6.61. The number of alkyl halides is 1. The molecule has 1 unspecified atom stereocenters. The molecule has 1 aliphatic rings. The van der Waals surface area contributed by atoms with E-state index in [1.165, 1.54) is 41.7 Å². The molecule has 1 aromatic carbocycles. The maximum absolute atomic E-state index is 6.61. The van der Waals surface area contributed by atoms with Crippen molar-refractivity contribution in [1.82, 2.24) is 0 Å². The summed E-state index contributed by atoms with van der Waals surface area (Å²) in [5.41, 5.74) is 4.04. The standard InChI is InChI=1S/C16H17ClS/c1-11-6-8-12(9-7-11)16(17)15-10-13-4-2-3-5-14(13)18-15/h6-10,16H,2-5H2,1H3. The Morgan fingerprint density at radius 2 is 1.83 bits per heavy atom. The highest BCUT2D eigenvalue weighted by atomic mass is 35.5. The summed E-state index contributed by atoms with van der Waals surface area (Å²) in [6.45, 7) is 2.11. The van der Waals surface area contributed by atoms with Gasteiger partial charge < -0.3 is 0 Å². The van der Waals surface area contributed by atoms with E-state index in [2.05, 4.69) is 37.3 Å². The van der Waals surface area contributed by atoms with Crippen molar-refractivity contribution in [2.45, 2.75) is 38.0 Å². The van der Waals surface area contributed by atoms with Gasteiger partial charge in [0, 0.05) is 9.75 Å². The Hall–Kier alpha value is -0.790. The van der Waals surface area contributed by atoms with Gasteiger partial charge in [-0.3, -0.25) is 0 Å². The van der Waals surface area contributed by atoms with Gasteiger partial charge >= 0.3 is 0 Å². The first kappa shape index (κ1) is 12.3. The molecule has 0 nitrogen and oxygen atoms in total. The van der Waals surface area contributed by atoms with Gasteiger partial charge in [-0.2, -0.15) is 0 Å². The third-order valence-corrected chi connectivity index (χ3v) is 5.55. The quantitative estimate of drug-likeness (QED) is 0.656. The average molecular weight is 277 g/mol. The van der Waals surface area contributed by atoms with E-state index in [4.69, 9.17) is 11.6 Å². The molecule has 0 aliphatic heterocycles. The van der Waals surface area contributed by atoms with Crippen LogP contribution in [-0.2, 0) is 12.8 Å². The van der Waals surface area contributed by atoms with Crippen LogP contribution in [0.2, 0.25) is 0 Å². The molecule has 3 rings (SSSR count). The summed E-state index contributed by atoms with van der Waals surface area (Å²) < 4.78 is 0. The van der Waals surface area contributed by atoms with Crippen LogP contribution in [0, 0.1) is 6.92 Å². The summed E-state index contributed by atoms with van der Waals surface area (Å²) in [6.07, 6.45) is 5.16. The van der Waals surface area contributed by atoms with Gasteiger partial charge in [0.25, 0.3) is 0 Å². The van der Waals surface area contributed by atoms with E-state index in [0.29, 0.717) is 0 Å². The minimum atomic E-state index is 0.0150. The van der Waals surface area contributed by atoms with Crippen molar-refractivity contribution in [3.63, 3.8) is 0 Å². The number of benzene rings is 1. The van der Waals surface area contributed by atoms with Crippen molar-refractivity contribution in [2.75, 3.05) is 0 Å². The molecule has 0 bridgehead atoms. The predicted octanol–water partition coefficient (Wildman–Crippen LogP) is 5.26. The molecule has 0 saturated carbocycles. The van der Waals surface area contributed by atoms with Crippen LogP contribution in [-0.4, -0.2) is 0 Å². The topological polar surface area (TPSA) is 0 Å². The number of aryl methyl sites for hydroxylation is 3. The first-order valence-electron chi connectivity index (χ1n) is 6.56. The first-order chi connectivity index (χ1) is 8.74. The summed E-state index contributed by atoms with van der Waals surface area (Å²) in [7, 11) is 0. The highest BCUT2D eigenvalue weighted by molar-refractivity contribution is 7.12. The van der Waals surface area contributed by atoms with Crippen LogP contribution in [0.15, 0.2) is 30.3 Å². The van der Waals surface area contributed by atoms with Gasteiger partial charge in [-0.25, -0.2) is 0 Å². The van der Waals surface area contributed by atoms with Crippen molar-refractivity contribution in [1.29, 1.82) is 0 Å². The molecule has 18 heavy (non-hydrogen) atoms. The molecule has 0 spiro atoms. The lowest BCUT2D eigenvalue weighted by atomic mass is 9.98. The molecule has 1 aliphatic carbocycles. The number of fused-ring (bicyclic) bond motifs is 1. The van der Waals surface area contributed by atoms with Crippen molar-refractivity contribution in [2.24, 2.45) is 0 Å². The van der Waals surface area contributed by atoms with Gasteiger partial charge in [0.05, 0.1) is 5.38 Å². The lowest BCUT2D eigenvalue weighted by molar-refractivity contribution is 0.697. The van der Waals surface area contributed by atoms with E-state index in [1.807, 2.05) is 11.3 Å². The SMILES string of the molecule is Cc1ccc(C(Cl)c2cc3c(s2)CCCC3)cc1. The Kier molecular flexibility index (Phi) is 3.45. The number of hydrogen-bond donors (Lipinski definition) is 0. The Labute approximate surface area is 118 Å². The van der Waals surface area contributed by atoms with Crippen LogP contribution >= 0.6 is 22.9 Å². The number of thiophene rings is 1. The molecule has 2 heteroatoms. The minimum absolute atomic E-state index is 0.0150. The number of rotatable bonds is 2. The normalized spacial score (nSPS) is 16.3. The molecule has 0 saturated heterocycles. The van der Waals surface area contributed by atoms with E-state index in [9.17, 15) is 0 Å². The molecule has 94 valence electrons. The minimum Gasteiger partial charge on any atom is -0.143 e. The fourth-order valence-electron chi connectivity index (χ4n) is 2.54. The molecule has 1 aromatic heterocycles. The molecule has 0 amide bonds. The lowest BCUT2D eigenvalue weighted by Crippen LogP contribution is -1.96. The first-order valence-corrected chi connectivity index (χ1v) is 7.81. The zero-order valence-corrected chi connectivity index (χ0v) is 12.2. The second-order valence-corrected chi connectivity index (χ2v) is 6.68. The number of hydrogen-bond acceptors (Lipinski definition) is 1. The molecule has 0 fully saturated rings. The Bertz CT molecular complexity index is 515. The summed E-state index contributed by atoms with van der Waals surface area (Å²) >= 11 is 8.52. The van der Waals surface area contributed by atoms with Gasteiger partial charge in [0.2, 0.25) is 0 Å². The fourth-order valence-corrected chi connectivity index (χ4v) is 4.14. The lowest BCUT2D eigenvalue weighted by Gasteiger charge is -2.08. The highest BCUT2D eigenvalue weighted by Gasteiger charge is 2.18. The predicted molar refractivity (Wildman–Crippen MR) is 79.8 cm³/mol. The van der Waals surface area contributed by atoms with Gasteiger partial charge in [-0.15, -0.1) is 22.9 Å². The number of halogens is 1.